The number of hydrogen-bond acceptors (Lipinski definition) is 2. The molecule has 3 nitrogen and oxygen atoms in total. The Balaban J connectivity index is 3.00. The van der Waals surface area contributed by atoms with E-state index in [1.54, 1.807) is 18.2 Å². The van der Waals surface area contributed by atoms with Crippen LogP contribution in [0, 0.1) is 0 Å². The van der Waals surface area contributed by atoms with Crippen molar-refractivity contribution in [3.8, 4) is 0 Å². The minimum Gasteiger partial charge on any atom is -0.478 e. The lowest BCUT2D eigenvalue weighted by Crippen LogP contribution is -2.15. The number of aromatic carboxylic acids is 1. The predicted octanol–water partition coefficient (Wildman–Crippen LogP) is 1.74. The molecule has 0 bridgehead atoms. The molecule has 4 heteroatoms. The summed E-state index contributed by atoms with van der Waals surface area (Å²) in [5.41, 5.74) is 6.27. The second-order valence-corrected chi connectivity index (χ2v) is 2.98. The molecule has 76 valence electrons. The van der Waals surface area contributed by atoms with Crippen molar-refractivity contribution < 1.29 is 14.3 Å². The highest BCUT2D eigenvalue weighted by Gasteiger charge is 2.14. The minimum absolute atomic E-state index is 0.143. The van der Waals surface area contributed by atoms with Crippen LogP contribution in [0.5, 0.6) is 0 Å². The highest BCUT2D eigenvalue weighted by atomic mass is 19.1. The zero-order chi connectivity index (χ0) is 10.6. The lowest BCUT2D eigenvalue weighted by Gasteiger charge is -2.12. The average molecular weight is 197 g/mol. The zero-order valence-corrected chi connectivity index (χ0v) is 7.61. The first-order chi connectivity index (χ1) is 6.66. The maximum absolute atomic E-state index is 12.0. The van der Waals surface area contributed by atoms with Crippen molar-refractivity contribution in [1.29, 1.82) is 0 Å². The van der Waals surface area contributed by atoms with E-state index in [9.17, 15) is 9.18 Å². The van der Waals surface area contributed by atoms with Crippen molar-refractivity contribution in [2.24, 2.45) is 5.73 Å². The van der Waals surface area contributed by atoms with Crippen molar-refractivity contribution in [3.63, 3.8) is 0 Å². The molecule has 0 amide bonds. The lowest BCUT2D eigenvalue weighted by atomic mass is 9.99. The molecule has 1 rings (SSSR count). The van der Waals surface area contributed by atoms with Crippen LogP contribution in [0.25, 0.3) is 0 Å². The summed E-state index contributed by atoms with van der Waals surface area (Å²) in [7, 11) is 0. The number of nitrogens with two attached hydrogens (primary N) is 1. The fourth-order valence-corrected chi connectivity index (χ4v) is 1.29. The molecule has 0 fully saturated rings. The quantitative estimate of drug-likeness (QED) is 0.772. The minimum atomic E-state index is -1.03. The molecule has 0 spiro atoms. The molecule has 0 aromatic heterocycles. The summed E-state index contributed by atoms with van der Waals surface area (Å²) in [4.78, 5) is 10.8. The highest BCUT2D eigenvalue weighted by molar-refractivity contribution is 5.89. The second kappa shape index (κ2) is 4.72. The molecule has 1 aromatic carbocycles. The van der Waals surface area contributed by atoms with Gasteiger partial charge in [0.05, 0.1) is 12.2 Å². The Morgan fingerprint density at radius 1 is 1.50 bits per heavy atom. The van der Waals surface area contributed by atoms with Gasteiger partial charge in [-0.05, 0) is 18.1 Å². The summed E-state index contributed by atoms with van der Waals surface area (Å²) < 4.78 is 12.0. The normalized spacial score (nSPS) is 12.4. The van der Waals surface area contributed by atoms with Gasteiger partial charge in [-0.2, -0.15) is 0 Å². The van der Waals surface area contributed by atoms with Gasteiger partial charge in [0.2, 0.25) is 0 Å². The van der Waals surface area contributed by atoms with E-state index < -0.39 is 18.7 Å². The SMILES string of the molecule is N[C@@H](CCF)c1ccccc1C(=O)O. The molecule has 1 atom stereocenters. The average Bonchev–Trinajstić information content (AvgIpc) is 2.18. The largest absolute Gasteiger partial charge is 0.478 e. The van der Waals surface area contributed by atoms with Crippen LogP contribution in [-0.2, 0) is 0 Å². The summed E-state index contributed by atoms with van der Waals surface area (Å²) in [6, 6.07) is 5.85. The molecular weight excluding hydrogens is 185 g/mol. The van der Waals surface area contributed by atoms with Gasteiger partial charge in [-0.25, -0.2) is 4.79 Å². The molecule has 0 heterocycles. The summed E-state index contributed by atoms with van der Waals surface area (Å²) in [6.07, 6.45) is 0.143. The Kier molecular flexibility index (Phi) is 3.59. The van der Waals surface area contributed by atoms with E-state index in [-0.39, 0.29) is 12.0 Å². The van der Waals surface area contributed by atoms with Crippen LogP contribution in [0.3, 0.4) is 0 Å². The molecule has 0 saturated heterocycles. The van der Waals surface area contributed by atoms with Gasteiger partial charge in [-0.15, -0.1) is 0 Å². The first kappa shape index (κ1) is 10.7. The van der Waals surface area contributed by atoms with Crippen molar-refractivity contribution in [2.45, 2.75) is 12.5 Å². The van der Waals surface area contributed by atoms with Crippen molar-refractivity contribution in [2.75, 3.05) is 6.67 Å². The number of benzene rings is 1. The van der Waals surface area contributed by atoms with Crippen molar-refractivity contribution in [3.05, 3.63) is 35.4 Å². The van der Waals surface area contributed by atoms with Crippen LogP contribution < -0.4 is 5.73 Å². The smallest absolute Gasteiger partial charge is 0.336 e. The number of carboxylic acid groups (broad SMARTS) is 1. The summed E-state index contributed by atoms with van der Waals surface area (Å²) in [5.74, 6) is -1.03. The van der Waals surface area contributed by atoms with E-state index in [2.05, 4.69) is 0 Å². The third-order valence-corrected chi connectivity index (χ3v) is 2.01. The highest BCUT2D eigenvalue weighted by Crippen LogP contribution is 2.18. The number of rotatable bonds is 4. The van der Waals surface area contributed by atoms with Gasteiger partial charge in [0.15, 0.2) is 0 Å². The van der Waals surface area contributed by atoms with Crippen LogP contribution >= 0.6 is 0 Å². The molecule has 0 aliphatic carbocycles. The van der Waals surface area contributed by atoms with Crippen molar-refractivity contribution in [1.82, 2.24) is 0 Å². The van der Waals surface area contributed by atoms with E-state index in [0.29, 0.717) is 5.56 Å². The monoisotopic (exact) mass is 197 g/mol. The third kappa shape index (κ3) is 2.29. The van der Waals surface area contributed by atoms with Gasteiger partial charge >= 0.3 is 5.97 Å². The first-order valence-corrected chi connectivity index (χ1v) is 4.30. The van der Waals surface area contributed by atoms with Crippen LogP contribution in [0.4, 0.5) is 4.39 Å². The van der Waals surface area contributed by atoms with Crippen LogP contribution in [0.2, 0.25) is 0 Å². The van der Waals surface area contributed by atoms with Crippen LogP contribution in [-0.4, -0.2) is 17.8 Å². The third-order valence-electron chi connectivity index (χ3n) is 2.01. The molecule has 14 heavy (non-hydrogen) atoms. The summed E-state index contributed by atoms with van der Waals surface area (Å²) >= 11 is 0. The first-order valence-electron chi connectivity index (χ1n) is 4.30. The second-order valence-electron chi connectivity index (χ2n) is 2.98. The Bertz CT molecular complexity index is 328. The number of hydrogen-bond donors (Lipinski definition) is 2. The van der Waals surface area contributed by atoms with Crippen LogP contribution in [0.15, 0.2) is 24.3 Å². The molecule has 0 aliphatic rings. The Morgan fingerprint density at radius 2 is 2.14 bits per heavy atom. The molecular formula is C10H12FNO2. The molecule has 0 aliphatic heterocycles. The Morgan fingerprint density at radius 3 is 2.71 bits per heavy atom. The van der Waals surface area contributed by atoms with Crippen LogP contribution in [0.1, 0.15) is 28.4 Å². The van der Waals surface area contributed by atoms with E-state index in [0.717, 1.165) is 0 Å². The topological polar surface area (TPSA) is 63.3 Å². The van der Waals surface area contributed by atoms with Gasteiger partial charge in [0.25, 0.3) is 0 Å². The predicted molar refractivity (Wildman–Crippen MR) is 50.9 cm³/mol. The van der Waals surface area contributed by atoms with Gasteiger partial charge in [0.1, 0.15) is 0 Å². The number of halogens is 1. The number of carboxylic acids is 1. The molecule has 1 aromatic rings. The van der Waals surface area contributed by atoms with E-state index >= 15 is 0 Å². The maximum Gasteiger partial charge on any atom is 0.336 e. The van der Waals surface area contributed by atoms with Gasteiger partial charge < -0.3 is 10.8 Å². The van der Waals surface area contributed by atoms with Crippen molar-refractivity contribution >= 4 is 5.97 Å². The lowest BCUT2D eigenvalue weighted by molar-refractivity contribution is 0.0695. The summed E-state index contributed by atoms with van der Waals surface area (Å²) in [6.45, 7) is -0.547. The number of carbonyl (C=O) groups is 1. The Labute approximate surface area is 81.4 Å². The van der Waals surface area contributed by atoms with E-state index in [4.69, 9.17) is 10.8 Å². The molecule has 0 radical (unpaired) electrons. The zero-order valence-electron chi connectivity index (χ0n) is 7.61. The Hall–Kier alpha value is -1.42. The fraction of sp³-hybridized carbons (Fsp3) is 0.300. The standard InChI is InChI=1S/C10H12FNO2/c11-6-5-9(12)7-3-1-2-4-8(7)10(13)14/h1-4,9H,5-6,12H2,(H,13,14)/t9-/m0/s1. The molecule has 0 unspecified atom stereocenters. The molecule has 3 N–H and O–H groups in total. The van der Waals surface area contributed by atoms with Gasteiger partial charge in [-0.3, -0.25) is 4.39 Å². The maximum atomic E-state index is 12.0. The van der Waals surface area contributed by atoms with Gasteiger partial charge in [-0.1, -0.05) is 18.2 Å². The molecule has 0 saturated carbocycles. The van der Waals surface area contributed by atoms with E-state index in [1.165, 1.54) is 6.07 Å². The van der Waals surface area contributed by atoms with Gasteiger partial charge in [0, 0.05) is 6.04 Å². The van der Waals surface area contributed by atoms with E-state index in [1.807, 2.05) is 0 Å². The summed E-state index contributed by atoms with van der Waals surface area (Å²) in [5, 5.41) is 8.83. The number of alkyl halides is 1. The fourth-order valence-electron chi connectivity index (χ4n) is 1.29.